The summed E-state index contributed by atoms with van der Waals surface area (Å²) in [4.78, 5) is 57.5. The predicted molar refractivity (Wildman–Crippen MR) is 218 cm³/mol. The number of thioether (sulfide) groups is 1. The van der Waals surface area contributed by atoms with E-state index >= 15 is 0 Å². The number of aliphatic imine (C=N–C) groups is 1. The normalized spacial score (nSPS) is 11.8. The third-order valence-electron chi connectivity index (χ3n) is 9.22. The monoisotopic (exact) mass is 903 g/mol. The number of guanidine groups is 1. The van der Waals surface area contributed by atoms with E-state index in [-0.39, 0.29) is 31.1 Å². The van der Waals surface area contributed by atoms with Crippen molar-refractivity contribution >= 4 is 78.7 Å². The fraction of sp³-hybridized carbons (Fsp3) is 0.459. The second kappa shape index (κ2) is 21.8. The summed E-state index contributed by atoms with van der Waals surface area (Å²) in [5.41, 5.74) is 6.98. The summed E-state index contributed by atoms with van der Waals surface area (Å²) in [6.45, 7) is 6.49. The Morgan fingerprint density at radius 2 is 1.40 bits per heavy atom. The molecule has 0 spiro atoms. The van der Waals surface area contributed by atoms with E-state index in [1.54, 1.807) is 14.7 Å². The summed E-state index contributed by atoms with van der Waals surface area (Å²) in [7, 11) is 0. The number of unbranched alkanes of at least 4 members (excludes halogenated alkanes) is 3. The summed E-state index contributed by atoms with van der Waals surface area (Å²) in [5.74, 6) is 0.148. The number of hydrogen-bond acceptors (Lipinski definition) is 11. The van der Waals surface area contributed by atoms with Gasteiger partial charge in [0, 0.05) is 24.3 Å². The molecule has 0 atom stereocenters. The first-order valence-corrected chi connectivity index (χ1v) is 27.8. The Morgan fingerprint density at radius 3 is 1.91 bits per heavy atom. The summed E-state index contributed by atoms with van der Waals surface area (Å²) in [5, 5.41) is 22.9. The van der Waals surface area contributed by atoms with Crippen molar-refractivity contribution in [3.8, 4) is 0 Å². The number of carbonyl (C=O) groups is 2. The van der Waals surface area contributed by atoms with Crippen LogP contribution >= 0.6 is 23.1 Å². The Bertz CT molecular complexity index is 1900. The molecule has 0 fully saturated rings. The van der Waals surface area contributed by atoms with E-state index < -0.39 is 46.4 Å². The van der Waals surface area contributed by atoms with Crippen LogP contribution in [-0.2, 0) is 22.7 Å². The van der Waals surface area contributed by atoms with Crippen molar-refractivity contribution in [1.29, 1.82) is 0 Å². The first-order valence-electron chi connectivity index (χ1n) is 18.5. The van der Waals surface area contributed by atoms with Crippen LogP contribution in [0.3, 0.4) is 0 Å². The van der Waals surface area contributed by atoms with E-state index in [1.165, 1.54) is 100 Å². The standard InChI is InChI=1S/C25H22N7O8S2.3C4H9.Sn/c26-23(28-24(33)39-14-17-2-6-19(7-3-17)31(35)36)30(10-1-12-41-21-22-29(16-27-21)11-13-42-22)25(34)40-15-18-4-8-20(9-5-18)32(37)38;3*1-3-4-2;/h2-9,11,16H,1,10,12,14-15H2,(H2,26,28,33);3*1,3-4H2,2H3;. The molecule has 2 aromatic heterocycles. The van der Waals surface area contributed by atoms with Gasteiger partial charge in [-0.15, -0.1) is 0 Å². The van der Waals surface area contributed by atoms with Crippen molar-refractivity contribution in [2.24, 2.45) is 10.7 Å². The first kappa shape index (κ1) is 43.5. The molecule has 0 aliphatic carbocycles. The molecule has 0 saturated carbocycles. The molecule has 55 heavy (non-hydrogen) atoms. The Kier molecular flexibility index (Phi) is 17.2. The molecular weight excluding hydrogens is 853 g/mol. The molecule has 4 rings (SSSR count). The maximum atomic E-state index is 13.3. The van der Waals surface area contributed by atoms with Crippen LogP contribution < -0.4 is 8.63 Å². The number of nitrogens with two attached hydrogens (primary N) is 1. The van der Waals surface area contributed by atoms with E-state index in [4.69, 9.17) is 20.2 Å². The Hall–Kier alpha value is -4.23. The van der Waals surface area contributed by atoms with E-state index in [9.17, 15) is 29.8 Å². The molecule has 0 aliphatic heterocycles. The van der Waals surface area contributed by atoms with Gasteiger partial charge in [0.25, 0.3) is 11.4 Å². The number of thiazole rings is 1. The average Bonchev–Trinajstić information content (AvgIpc) is 3.78. The Labute approximate surface area is 332 Å². The summed E-state index contributed by atoms with van der Waals surface area (Å²) < 4.78 is 18.6. The molecular formula is C37H49N7O8S2Sn. The number of carbonyl (C=O) groups excluding carboxylic acids is 2. The fourth-order valence-corrected chi connectivity index (χ4v) is 27.1. The second-order valence-corrected chi connectivity index (χ2v) is 29.5. The SMILES string of the molecule is CCC[CH2][Sn]([CH2]CCC)([CH2]CCC)[c]1cn2cnc(SCCCN(C(=O)OCc3ccc([N+](=O)[O-])cc3)C(N)=NC(=O)OCc3ccc([N+](=O)[O-])cc3)c2s1. The van der Waals surface area contributed by atoms with Crippen LogP contribution in [0.25, 0.3) is 4.83 Å². The van der Waals surface area contributed by atoms with Gasteiger partial charge in [-0.2, -0.15) is 0 Å². The van der Waals surface area contributed by atoms with Crippen LogP contribution in [-0.4, -0.2) is 73.0 Å². The number of aromatic nitrogens is 2. The molecule has 0 bridgehead atoms. The van der Waals surface area contributed by atoms with Gasteiger partial charge in [0.15, 0.2) is 0 Å². The molecule has 0 saturated heterocycles. The van der Waals surface area contributed by atoms with Gasteiger partial charge in [0.1, 0.15) is 6.61 Å². The number of imidazole rings is 1. The zero-order valence-electron chi connectivity index (χ0n) is 31.5. The number of hydrogen-bond donors (Lipinski definition) is 1. The number of non-ortho nitro benzene ring substituents is 2. The van der Waals surface area contributed by atoms with Gasteiger partial charge in [-0.3, -0.25) is 20.2 Å². The number of ether oxygens (including phenoxy) is 2. The van der Waals surface area contributed by atoms with E-state index in [2.05, 4.69) is 36.4 Å². The van der Waals surface area contributed by atoms with Gasteiger partial charge in [-0.05, 0) is 35.4 Å². The molecule has 2 N–H and O–H groups in total. The van der Waals surface area contributed by atoms with Gasteiger partial charge < -0.3 is 4.74 Å². The van der Waals surface area contributed by atoms with Crippen LogP contribution in [0.4, 0.5) is 21.0 Å². The number of nitro benzene ring substituents is 2. The van der Waals surface area contributed by atoms with Crippen LogP contribution in [0.1, 0.15) is 76.8 Å². The number of rotatable bonds is 21. The Balaban J connectivity index is 1.45. The van der Waals surface area contributed by atoms with Gasteiger partial charge in [0.05, 0.1) is 9.85 Å². The molecule has 4 aromatic rings. The summed E-state index contributed by atoms with van der Waals surface area (Å²) in [6.07, 6.45) is 10.3. The molecule has 2 amide bonds. The maximum absolute atomic E-state index is 13.3. The average molecular weight is 903 g/mol. The minimum absolute atomic E-state index is 0.0639. The molecule has 15 nitrogen and oxygen atoms in total. The van der Waals surface area contributed by atoms with Gasteiger partial charge >= 0.3 is 217 Å². The minimum atomic E-state index is -2.63. The molecule has 0 aliphatic rings. The van der Waals surface area contributed by atoms with Crippen LogP contribution in [0.5, 0.6) is 0 Å². The zero-order valence-corrected chi connectivity index (χ0v) is 36.0. The molecule has 18 heteroatoms. The van der Waals surface area contributed by atoms with Crippen LogP contribution in [0.2, 0.25) is 13.3 Å². The zero-order chi connectivity index (χ0) is 39.8. The van der Waals surface area contributed by atoms with Gasteiger partial charge in [0.2, 0.25) is 0 Å². The molecule has 2 aromatic carbocycles. The van der Waals surface area contributed by atoms with Gasteiger partial charge in [-0.25, -0.2) is 4.79 Å². The molecule has 0 radical (unpaired) electrons. The topological polar surface area (TPSA) is 198 Å². The van der Waals surface area contributed by atoms with Crippen molar-refractivity contribution in [1.82, 2.24) is 14.3 Å². The van der Waals surface area contributed by atoms with Crippen molar-refractivity contribution in [3.05, 3.63) is 92.4 Å². The summed E-state index contributed by atoms with van der Waals surface area (Å²) >= 11 is 0.874. The third-order valence-corrected chi connectivity index (χ3v) is 29.7. The van der Waals surface area contributed by atoms with Crippen molar-refractivity contribution in [2.75, 3.05) is 12.3 Å². The van der Waals surface area contributed by atoms with Crippen LogP contribution in [0.15, 0.2) is 71.1 Å². The van der Waals surface area contributed by atoms with Crippen molar-refractivity contribution < 1.29 is 28.9 Å². The molecule has 0 unspecified atom stereocenters. The number of fused-ring (bicyclic) bond motifs is 1. The Morgan fingerprint density at radius 1 is 0.873 bits per heavy atom. The number of benzene rings is 2. The summed E-state index contributed by atoms with van der Waals surface area (Å²) in [6, 6.07) is 11.1. The van der Waals surface area contributed by atoms with E-state index in [0.717, 1.165) is 14.8 Å². The van der Waals surface area contributed by atoms with Crippen molar-refractivity contribution in [2.45, 2.75) is 97.3 Å². The number of nitrogens with zero attached hydrogens (tertiary/aromatic N) is 6. The van der Waals surface area contributed by atoms with Crippen LogP contribution in [0, 0.1) is 20.2 Å². The first-order chi connectivity index (χ1) is 26.5. The second-order valence-electron chi connectivity index (χ2n) is 13.2. The predicted octanol–water partition coefficient (Wildman–Crippen LogP) is 9.04. The molecule has 2 heterocycles. The van der Waals surface area contributed by atoms with E-state index in [0.29, 0.717) is 23.3 Å². The number of amides is 2. The van der Waals surface area contributed by atoms with E-state index in [1.807, 2.05) is 17.7 Å². The number of nitro groups is 2. The quantitative estimate of drug-likeness (QED) is 0.0159. The fourth-order valence-electron chi connectivity index (χ4n) is 6.09. The molecule has 296 valence electrons. The third kappa shape index (κ3) is 12.6. The van der Waals surface area contributed by atoms with Crippen molar-refractivity contribution in [3.63, 3.8) is 0 Å². The van der Waals surface area contributed by atoms with Gasteiger partial charge in [-0.1, -0.05) is 0 Å².